The summed E-state index contributed by atoms with van der Waals surface area (Å²) in [6.45, 7) is 0. The largest absolute Gasteiger partial charge is 0.256 e. The van der Waals surface area contributed by atoms with Gasteiger partial charge in [-0.2, -0.15) is 0 Å². The van der Waals surface area contributed by atoms with Crippen molar-refractivity contribution in [2.75, 3.05) is 0 Å². The highest BCUT2D eigenvalue weighted by Crippen LogP contribution is 2.31. The van der Waals surface area contributed by atoms with Crippen LogP contribution in [0.25, 0.3) is 21.8 Å². The van der Waals surface area contributed by atoms with Crippen molar-refractivity contribution in [1.29, 1.82) is 0 Å². The molecule has 2 heterocycles. The van der Waals surface area contributed by atoms with E-state index in [0.29, 0.717) is 10.0 Å². The van der Waals surface area contributed by atoms with E-state index in [1.807, 2.05) is 12.1 Å². The zero-order valence-electron chi connectivity index (χ0n) is 8.11. The van der Waals surface area contributed by atoms with E-state index in [1.165, 1.54) is 0 Å². The van der Waals surface area contributed by atoms with E-state index >= 15 is 0 Å². The molecule has 0 N–H and O–H groups in total. The molecule has 3 rings (SSSR count). The van der Waals surface area contributed by atoms with Gasteiger partial charge in [0, 0.05) is 23.2 Å². The highest BCUT2D eigenvalue weighted by molar-refractivity contribution is 6.39. The topological polar surface area (TPSA) is 25.8 Å². The minimum absolute atomic E-state index is 0.644. The van der Waals surface area contributed by atoms with Crippen LogP contribution in [0, 0.1) is 0 Å². The molecule has 0 bridgehead atoms. The predicted molar refractivity (Wildman–Crippen MR) is 67.1 cm³/mol. The predicted octanol–water partition coefficient (Wildman–Crippen LogP) is 4.09. The molecular weight excluding hydrogens is 243 g/mol. The minimum atomic E-state index is 0.644. The van der Waals surface area contributed by atoms with Gasteiger partial charge in [0.15, 0.2) is 0 Å². The van der Waals surface area contributed by atoms with Crippen LogP contribution in [-0.2, 0) is 0 Å². The molecule has 16 heavy (non-hydrogen) atoms. The van der Waals surface area contributed by atoms with Crippen LogP contribution in [0.2, 0.25) is 10.0 Å². The first-order valence-corrected chi connectivity index (χ1v) is 5.50. The van der Waals surface area contributed by atoms with Gasteiger partial charge in [0.2, 0.25) is 0 Å². The number of benzene rings is 1. The quantitative estimate of drug-likeness (QED) is 0.561. The number of hydrogen-bond acceptors (Lipinski definition) is 2. The van der Waals surface area contributed by atoms with Crippen molar-refractivity contribution in [3.63, 3.8) is 0 Å². The minimum Gasteiger partial charge on any atom is -0.256 e. The van der Waals surface area contributed by atoms with Crippen LogP contribution in [0.4, 0.5) is 0 Å². The monoisotopic (exact) mass is 248 g/mol. The van der Waals surface area contributed by atoms with E-state index in [1.54, 1.807) is 24.5 Å². The molecule has 3 aromatic rings. The highest BCUT2D eigenvalue weighted by Gasteiger charge is 2.07. The fraction of sp³-hybridized carbons (Fsp3) is 0. The average molecular weight is 249 g/mol. The first kappa shape index (κ1) is 9.82. The molecule has 0 aliphatic rings. The summed E-state index contributed by atoms with van der Waals surface area (Å²) in [4.78, 5) is 8.58. The van der Waals surface area contributed by atoms with Gasteiger partial charge in [0.1, 0.15) is 0 Å². The van der Waals surface area contributed by atoms with Crippen molar-refractivity contribution < 1.29 is 0 Å². The first-order valence-electron chi connectivity index (χ1n) is 4.75. The molecule has 0 aliphatic carbocycles. The molecule has 2 nitrogen and oxygen atoms in total. The molecule has 1 aromatic carbocycles. The molecule has 0 saturated heterocycles. The second-order valence-corrected chi connectivity index (χ2v) is 4.26. The molecule has 0 radical (unpaired) electrons. The SMILES string of the molecule is Clc1ccnc2c1ccc1nccc(Cl)c12. The lowest BCUT2D eigenvalue weighted by atomic mass is 10.1. The third kappa shape index (κ3) is 1.34. The number of nitrogens with zero attached hydrogens (tertiary/aromatic N) is 2. The average Bonchev–Trinajstić information content (AvgIpc) is 2.29. The number of hydrogen-bond donors (Lipinski definition) is 0. The Labute approximate surface area is 102 Å². The zero-order valence-corrected chi connectivity index (χ0v) is 9.63. The van der Waals surface area contributed by atoms with E-state index in [0.717, 1.165) is 21.8 Å². The van der Waals surface area contributed by atoms with E-state index in [4.69, 9.17) is 23.2 Å². The van der Waals surface area contributed by atoms with Gasteiger partial charge in [-0.05, 0) is 24.3 Å². The van der Waals surface area contributed by atoms with Crippen LogP contribution in [0.1, 0.15) is 0 Å². The summed E-state index contributed by atoms with van der Waals surface area (Å²) < 4.78 is 0. The number of aromatic nitrogens is 2. The fourth-order valence-electron chi connectivity index (χ4n) is 1.78. The van der Waals surface area contributed by atoms with Crippen molar-refractivity contribution in [3.05, 3.63) is 46.7 Å². The Morgan fingerprint density at radius 2 is 1.56 bits per heavy atom. The van der Waals surface area contributed by atoms with E-state index < -0.39 is 0 Å². The van der Waals surface area contributed by atoms with Gasteiger partial charge in [0.25, 0.3) is 0 Å². The molecule has 78 valence electrons. The Morgan fingerprint density at radius 3 is 2.44 bits per heavy atom. The summed E-state index contributed by atoms with van der Waals surface area (Å²) in [6, 6.07) is 7.33. The fourth-order valence-corrected chi connectivity index (χ4v) is 2.24. The number of pyridine rings is 2. The Kier molecular flexibility index (Phi) is 2.20. The Balaban J connectivity index is 2.64. The standard InChI is InChI=1S/C12H6Cl2N2/c13-8-3-6-16-12-7(8)1-2-10-11(12)9(14)4-5-15-10/h1-6H. The van der Waals surface area contributed by atoms with Crippen LogP contribution < -0.4 is 0 Å². The van der Waals surface area contributed by atoms with Crippen LogP contribution in [0.15, 0.2) is 36.7 Å². The molecule has 4 heteroatoms. The maximum Gasteiger partial charge on any atom is 0.0826 e. The summed E-state index contributed by atoms with van der Waals surface area (Å²) in [6.07, 6.45) is 3.36. The molecule has 0 atom stereocenters. The highest BCUT2D eigenvalue weighted by atomic mass is 35.5. The van der Waals surface area contributed by atoms with Crippen molar-refractivity contribution >= 4 is 45.0 Å². The van der Waals surface area contributed by atoms with E-state index in [-0.39, 0.29) is 0 Å². The van der Waals surface area contributed by atoms with Crippen LogP contribution in [0.3, 0.4) is 0 Å². The second-order valence-electron chi connectivity index (χ2n) is 3.44. The van der Waals surface area contributed by atoms with Crippen molar-refractivity contribution in [2.45, 2.75) is 0 Å². The maximum absolute atomic E-state index is 6.17. The zero-order chi connectivity index (χ0) is 11.1. The van der Waals surface area contributed by atoms with Gasteiger partial charge in [-0.15, -0.1) is 0 Å². The lowest BCUT2D eigenvalue weighted by Crippen LogP contribution is -1.85. The van der Waals surface area contributed by atoms with Crippen LogP contribution in [0.5, 0.6) is 0 Å². The number of halogens is 2. The van der Waals surface area contributed by atoms with Crippen LogP contribution in [-0.4, -0.2) is 9.97 Å². The summed E-state index contributed by atoms with van der Waals surface area (Å²) in [5.41, 5.74) is 1.62. The molecule has 0 unspecified atom stereocenters. The molecule has 0 spiro atoms. The molecule has 0 fully saturated rings. The maximum atomic E-state index is 6.17. The third-order valence-electron chi connectivity index (χ3n) is 2.51. The Hall–Kier alpha value is -1.38. The van der Waals surface area contributed by atoms with E-state index in [9.17, 15) is 0 Å². The van der Waals surface area contributed by atoms with Gasteiger partial charge >= 0.3 is 0 Å². The van der Waals surface area contributed by atoms with Gasteiger partial charge in [-0.3, -0.25) is 9.97 Å². The normalized spacial score (nSPS) is 11.1. The molecule has 2 aromatic heterocycles. The molecule has 0 aliphatic heterocycles. The summed E-state index contributed by atoms with van der Waals surface area (Å²) in [5, 5.41) is 3.06. The van der Waals surface area contributed by atoms with Crippen molar-refractivity contribution in [3.8, 4) is 0 Å². The summed E-state index contributed by atoms with van der Waals surface area (Å²) in [7, 11) is 0. The van der Waals surface area contributed by atoms with Gasteiger partial charge in [-0.1, -0.05) is 23.2 Å². The lowest BCUT2D eigenvalue weighted by molar-refractivity contribution is 1.39. The Morgan fingerprint density at radius 1 is 0.812 bits per heavy atom. The summed E-state index contributed by atoms with van der Waals surface area (Å²) in [5.74, 6) is 0. The van der Waals surface area contributed by atoms with Crippen LogP contribution >= 0.6 is 23.2 Å². The Bertz CT molecular complexity index is 695. The lowest BCUT2D eigenvalue weighted by Gasteiger charge is -2.04. The van der Waals surface area contributed by atoms with Gasteiger partial charge in [0.05, 0.1) is 21.1 Å². The number of rotatable bonds is 0. The first-order chi connectivity index (χ1) is 7.77. The third-order valence-corrected chi connectivity index (χ3v) is 3.16. The van der Waals surface area contributed by atoms with E-state index in [2.05, 4.69) is 9.97 Å². The summed E-state index contributed by atoms with van der Waals surface area (Å²) >= 11 is 12.3. The van der Waals surface area contributed by atoms with Gasteiger partial charge in [-0.25, -0.2) is 0 Å². The molecule has 0 saturated carbocycles. The smallest absolute Gasteiger partial charge is 0.0826 e. The molecule has 0 amide bonds. The number of fused-ring (bicyclic) bond motifs is 3. The van der Waals surface area contributed by atoms with Crippen molar-refractivity contribution in [2.24, 2.45) is 0 Å². The van der Waals surface area contributed by atoms with Crippen molar-refractivity contribution in [1.82, 2.24) is 9.97 Å². The molecular formula is C12H6Cl2N2. The second kappa shape index (κ2) is 3.58. The van der Waals surface area contributed by atoms with Gasteiger partial charge < -0.3 is 0 Å².